The molecular weight excluding hydrogens is 462 g/mol. The van der Waals surface area contributed by atoms with Crippen LogP contribution in [0.15, 0.2) is 48.5 Å². The number of Topliss-reactive ketones (excluding diaryl/α,β-unsaturated/α-hetero) is 1. The molecule has 35 heavy (non-hydrogen) atoms. The third-order valence-corrected chi connectivity index (χ3v) is 5.36. The van der Waals surface area contributed by atoms with E-state index in [0.717, 1.165) is 4.90 Å². The van der Waals surface area contributed by atoms with Gasteiger partial charge in [-0.3, -0.25) is 19.2 Å². The first-order valence-electron chi connectivity index (χ1n) is 10.5. The number of carbonyl (C=O) groups is 5. The van der Waals surface area contributed by atoms with Crippen LogP contribution >= 0.6 is 0 Å². The van der Waals surface area contributed by atoms with Crippen LogP contribution in [-0.2, 0) is 19.2 Å². The zero-order chi connectivity index (χ0) is 25.7. The lowest BCUT2D eigenvalue weighted by molar-refractivity contribution is -0.160. The number of nitrogens with one attached hydrogen (secondary N) is 1. The Morgan fingerprint density at radius 2 is 1.66 bits per heavy atom. The van der Waals surface area contributed by atoms with E-state index in [1.165, 1.54) is 48.5 Å². The summed E-state index contributed by atoms with van der Waals surface area (Å²) in [6, 6.07) is 7.49. The predicted molar refractivity (Wildman–Crippen MR) is 119 cm³/mol. The second kappa shape index (κ2) is 10.7. The largest absolute Gasteiger partial charge is 0.508 e. The van der Waals surface area contributed by atoms with Crippen molar-refractivity contribution >= 4 is 29.5 Å². The number of phenols is 1. The van der Waals surface area contributed by atoms with Crippen LogP contribution in [0.5, 0.6) is 11.5 Å². The molecule has 1 heterocycles. The van der Waals surface area contributed by atoms with Gasteiger partial charge in [0.05, 0.1) is 13.2 Å². The van der Waals surface area contributed by atoms with Gasteiger partial charge in [-0.15, -0.1) is 0 Å². The molecule has 0 aliphatic carbocycles. The highest BCUT2D eigenvalue weighted by atomic mass is 16.5. The van der Waals surface area contributed by atoms with Gasteiger partial charge in [0.1, 0.15) is 23.6 Å². The van der Waals surface area contributed by atoms with Crippen molar-refractivity contribution in [2.24, 2.45) is 5.73 Å². The Hall–Kier alpha value is -4.45. The first kappa shape index (κ1) is 25.2. The van der Waals surface area contributed by atoms with Crippen LogP contribution in [0.2, 0.25) is 0 Å². The second-order valence-electron chi connectivity index (χ2n) is 7.78. The number of β-lactam (4-membered cyclic amide) rings is 1. The number of hydrogen-bond donors (Lipinski definition) is 5. The molecular formula is C23H23N3O9. The van der Waals surface area contributed by atoms with Crippen molar-refractivity contribution in [3.8, 4) is 11.5 Å². The molecule has 3 unspecified atom stereocenters. The number of ketones is 1. The number of aliphatic carboxylic acids is 2. The number of nitrogens with zero attached hydrogens (tertiary/aromatic N) is 1. The minimum Gasteiger partial charge on any atom is -0.508 e. The molecule has 12 nitrogen and oxygen atoms in total. The van der Waals surface area contributed by atoms with E-state index in [2.05, 4.69) is 5.32 Å². The lowest BCUT2D eigenvalue weighted by atomic mass is 9.98. The van der Waals surface area contributed by atoms with E-state index in [1.807, 2.05) is 0 Å². The maximum absolute atomic E-state index is 12.5. The highest BCUT2D eigenvalue weighted by molar-refractivity contribution is 6.43. The first-order valence-corrected chi connectivity index (χ1v) is 10.5. The quantitative estimate of drug-likeness (QED) is 0.163. The molecule has 3 atom stereocenters. The Morgan fingerprint density at radius 1 is 1.03 bits per heavy atom. The van der Waals surface area contributed by atoms with Crippen molar-refractivity contribution < 1.29 is 44.0 Å². The van der Waals surface area contributed by atoms with Crippen molar-refractivity contribution in [1.29, 1.82) is 0 Å². The fourth-order valence-corrected chi connectivity index (χ4v) is 3.39. The van der Waals surface area contributed by atoms with E-state index in [1.54, 1.807) is 0 Å². The number of amides is 2. The SMILES string of the molecule is NC(CCOc1ccc(C(=O)C(=O)NC2CN(C(C(=O)O)c3ccc(O)cc3)C2=O)cc1)C(=O)O. The smallest absolute Gasteiger partial charge is 0.331 e. The Labute approximate surface area is 198 Å². The van der Waals surface area contributed by atoms with Gasteiger partial charge in [-0.1, -0.05) is 12.1 Å². The van der Waals surface area contributed by atoms with Crippen LogP contribution in [0, 0.1) is 0 Å². The van der Waals surface area contributed by atoms with Crippen molar-refractivity contribution in [1.82, 2.24) is 10.2 Å². The molecule has 0 spiro atoms. The molecule has 1 saturated heterocycles. The summed E-state index contributed by atoms with van der Waals surface area (Å²) >= 11 is 0. The molecule has 1 fully saturated rings. The first-order chi connectivity index (χ1) is 16.6. The molecule has 0 bridgehead atoms. The van der Waals surface area contributed by atoms with E-state index >= 15 is 0 Å². The van der Waals surface area contributed by atoms with E-state index in [9.17, 15) is 34.2 Å². The minimum absolute atomic E-state index is 0.0354. The van der Waals surface area contributed by atoms with E-state index in [4.69, 9.17) is 15.6 Å². The number of likely N-dealkylation sites (tertiary alicyclic amines) is 1. The molecule has 0 saturated carbocycles. The molecule has 1 aliphatic heterocycles. The van der Waals surface area contributed by atoms with E-state index < -0.39 is 47.7 Å². The van der Waals surface area contributed by atoms with Gasteiger partial charge in [0.15, 0.2) is 6.04 Å². The normalized spacial score (nSPS) is 16.5. The van der Waals surface area contributed by atoms with Crippen LogP contribution in [0.4, 0.5) is 0 Å². The number of hydrogen-bond acceptors (Lipinski definition) is 8. The number of phenolic OH excluding ortho intramolecular Hbond substituents is 1. The maximum atomic E-state index is 12.5. The number of ether oxygens (including phenoxy) is 1. The van der Waals surface area contributed by atoms with Gasteiger partial charge in [0, 0.05) is 12.0 Å². The van der Waals surface area contributed by atoms with E-state index in [0.29, 0.717) is 5.75 Å². The number of nitrogens with two attached hydrogens (primary N) is 1. The molecule has 2 aromatic carbocycles. The Morgan fingerprint density at radius 3 is 2.20 bits per heavy atom. The van der Waals surface area contributed by atoms with Gasteiger partial charge in [-0.2, -0.15) is 0 Å². The summed E-state index contributed by atoms with van der Waals surface area (Å²) in [7, 11) is 0. The van der Waals surface area contributed by atoms with Gasteiger partial charge in [0.25, 0.3) is 5.91 Å². The van der Waals surface area contributed by atoms with Gasteiger partial charge in [-0.25, -0.2) is 4.79 Å². The average molecular weight is 485 g/mol. The van der Waals surface area contributed by atoms with Crippen molar-refractivity contribution in [2.45, 2.75) is 24.5 Å². The molecule has 6 N–H and O–H groups in total. The second-order valence-corrected chi connectivity index (χ2v) is 7.78. The fourth-order valence-electron chi connectivity index (χ4n) is 3.39. The fraction of sp³-hybridized carbons (Fsp3) is 0.261. The van der Waals surface area contributed by atoms with Crippen LogP contribution < -0.4 is 15.8 Å². The zero-order valence-corrected chi connectivity index (χ0v) is 18.3. The van der Waals surface area contributed by atoms with Gasteiger partial charge in [-0.05, 0) is 42.0 Å². The number of carbonyl (C=O) groups excluding carboxylic acids is 3. The highest BCUT2D eigenvalue weighted by Gasteiger charge is 2.45. The summed E-state index contributed by atoms with van der Waals surface area (Å²) in [5.74, 6) is -4.72. The van der Waals surface area contributed by atoms with Gasteiger partial charge in [0.2, 0.25) is 11.7 Å². The molecule has 3 rings (SSSR count). The topological polar surface area (TPSA) is 197 Å². The summed E-state index contributed by atoms with van der Waals surface area (Å²) in [5.41, 5.74) is 5.69. The number of rotatable bonds is 11. The third-order valence-electron chi connectivity index (χ3n) is 5.36. The Balaban J connectivity index is 1.54. The summed E-state index contributed by atoms with van der Waals surface area (Å²) in [6.07, 6.45) is 0.0837. The van der Waals surface area contributed by atoms with Crippen LogP contribution in [0.1, 0.15) is 28.4 Å². The third kappa shape index (κ3) is 5.92. The average Bonchev–Trinajstić information content (AvgIpc) is 2.83. The number of aromatic hydroxyl groups is 1. The predicted octanol–water partition coefficient (Wildman–Crippen LogP) is -0.0914. The maximum Gasteiger partial charge on any atom is 0.331 e. The van der Waals surface area contributed by atoms with Crippen molar-refractivity contribution in [3.63, 3.8) is 0 Å². The number of carboxylic acid groups (broad SMARTS) is 2. The summed E-state index contributed by atoms with van der Waals surface area (Å²) < 4.78 is 5.36. The molecule has 2 aromatic rings. The zero-order valence-electron chi connectivity index (χ0n) is 18.3. The number of carboxylic acids is 2. The molecule has 2 amide bonds. The lowest BCUT2D eigenvalue weighted by Gasteiger charge is -2.42. The molecule has 12 heteroatoms. The summed E-state index contributed by atoms with van der Waals surface area (Å²) in [5, 5.41) is 30.0. The molecule has 1 aliphatic rings. The van der Waals surface area contributed by atoms with Gasteiger partial charge >= 0.3 is 11.9 Å². The van der Waals surface area contributed by atoms with Crippen molar-refractivity contribution in [3.05, 3.63) is 59.7 Å². The highest BCUT2D eigenvalue weighted by Crippen LogP contribution is 2.28. The van der Waals surface area contributed by atoms with E-state index in [-0.39, 0.29) is 36.4 Å². The summed E-state index contributed by atoms with van der Waals surface area (Å²) in [4.78, 5) is 60.7. The minimum atomic E-state index is -1.30. The summed E-state index contributed by atoms with van der Waals surface area (Å²) in [6.45, 7) is -0.0655. The lowest BCUT2D eigenvalue weighted by Crippen LogP contribution is -2.66. The standard InChI is InChI=1S/C23H23N3O9/c24-16(22(31)32)9-10-35-15-7-3-13(4-8-15)19(28)20(29)25-17-11-26(21(17)30)18(23(33)34)12-1-5-14(27)6-2-12/h1-8,16-18,27H,9-11,24H2,(H,25,29)(H,31,32)(H,33,34). The van der Waals surface area contributed by atoms with Crippen molar-refractivity contribution in [2.75, 3.05) is 13.2 Å². The van der Waals surface area contributed by atoms with Crippen LogP contribution in [0.25, 0.3) is 0 Å². The Kier molecular flexibility index (Phi) is 7.66. The number of benzene rings is 2. The monoisotopic (exact) mass is 485 g/mol. The van der Waals surface area contributed by atoms with Gasteiger partial charge < -0.3 is 36.0 Å². The molecule has 0 radical (unpaired) electrons. The van der Waals surface area contributed by atoms with Crippen LogP contribution in [0.3, 0.4) is 0 Å². The molecule has 184 valence electrons. The Bertz CT molecular complexity index is 1130. The van der Waals surface area contributed by atoms with Crippen LogP contribution in [-0.4, -0.2) is 75.0 Å². The molecule has 0 aromatic heterocycles.